The molecule has 0 bridgehead atoms. The number of benzene rings is 1. The first-order valence-electron chi connectivity index (χ1n) is 5.17. The highest BCUT2D eigenvalue weighted by molar-refractivity contribution is 6.24. The van der Waals surface area contributed by atoms with Crippen LogP contribution in [-0.2, 0) is 0 Å². The van der Waals surface area contributed by atoms with Gasteiger partial charge in [0.1, 0.15) is 0 Å². The zero-order valence-corrected chi connectivity index (χ0v) is 9.41. The summed E-state index contributed by atoms with van der Waals surface area (Å²) in [7, 11) is 0. The number of ketones is 2. The summed E-state index contributed by atoms with van der Waals surface area (Å²) >= 11 is 0. The van der Waals surface area contributed by atoms with Crippen LogP contribution in [0.2, 0.25) is 0 Å². The molecule has 2 rings (SSSR count). The summed E-state index contributed by atoms with van der Waals surface area (Å²) in [5, 5.41) is 0. The molecule has 2 heteroatoms. The molecule has 0 aromatic heterocycles. The molecule has 2 nitrogen and oxygen atoms in total. The van der Waals surface area contributed by atoms with Crippen molar-refractivity contribution in [2.24, 2.45) is 5.92 Å². The molecule has 0 aliphatic heterocycles. The Morgan fingerprint density at radius 3 is 1.60 bits per heavy atom. The second-order valence-electron chi connectivity index (χ2n) is 4.30. The van der Waals surface area contributed by atoms with Gasteiger partial charge in [-0.05, 0) is 5.92 Å². The van der Waals surface area contributed by atoms with Gasteiger partial charge in [0, 0.05) is 11.1 Å². The Balaban J connectivity index is 0.000000245. The highest BCUT2D eigenvalue weighted by Crippen LogP contribution is 2.20. The van der Waals surface area contributed by atoms with Crippen molar-refractivity contribution in [2.75, 3.05) is 0 Å². The molecule has 0 saturated heterocycles. The van der Waals surface area contributed by atoms with E-state index in [-0.39, 0.29) is 18.0 Å². The molecule has 1 aliphatic carbocycles. The number of carbonyl (C=O) groups excluding carboxylic acids is 2. The first-order chi connectivity index (χ1) is 7.02. The SMILES string of the molecule is CC(C)C.O=C1CC(=O)c2ccccc21. The van der Waals surface area contributed by atoms with E-state index in [1.54, 1.807) is 24.3 Å². The number of fused-ring (bicyclic) bond motifs is 1. The smallest absolute Gasteiger partial charge is 0.171 e. The number of rotatable bonds is 0. The van der Waals surface area contributed by atoms with Crippen LogP contribution in [0.3, 0.4) is 0 Å². The fourth-order valence-electron chi connectivity index (χ4n) is 1.31. The number of Topliss-reactive ketones (excluding diaryl/α,β-unsaturated/α-hetero) is 2. The van der Waals surface area contributed by atoms with Crippen LogP contribution in [0.5, 0.6) is 0 Å². The van der Waals surface area contributed by atoms with Gasteiger partial charge < -0.3 is 0 Å². The summed E-state index contributed by atoms with van der Waals surface area (Å²) in [6.45, 7) is 6.50. The lowest BCUT2D eigenvalue weighted by Gasteiger charge is -1.90. The third-order valence-corrected chi connectivity index (χ3v) is 1.85. The lowest BCUT2D eigenvalue weighted by atomic mass is 10.1. The van der Waals surface area contributed by atoms with Crippen LogP contribution in [0.1, 0.15) is 47.9 Å². The Morgan fingerprint density at radius 1 is 0.933 bits per heavy atom. The molecule has 1 aliphatic rings. The second kappa shape index (κ2) is 4.87. The van der Waals surface area contributed by atoms with Crippen LogP contribution in [0.25, 0.3) is 0 Å². The van der Waals surface area contributed by atoms with E-state index in [1.807, 2.05) is 0 Å². The maximum Gasteiger partial charge on any atom is 0.171 e. The summed E-state index contributed by atoms with van der Waals surface area (Å²) < 4.78 is 0. The molecule has 0 heterocycles. The molecule has 80 valence electrons. The normalized spacial score (nSPS) is 13.6. The van der Waals surface area contributed by atoms with E-state index in [0.29, 0.717) is 11.1 Å². The first kappa shape index (κ1) is 11.6. The van der Waals surface area contributed by atoms with Crippen molar-refractivity contribution in [3.8, 4) is 0 Å². The average molecular weight is 204 g/mol. The van der Waals surface area contributed by atoms with E-state index in [9.17, 15) is 9.59 Å². The lowest BCUT2D eigenvalue weighted by molar-refractivity contribution is 0.0923. The van der Waals surface area contributed by atoms with Gasteiger partial charge in [0.15, 0.2) is 11.6 Å². The minimum atomic E-state index is -0.0504. The van der Waals surface area contributed by atoms with Crippen LogP contribution >= 0.6 is 0 Å². The standard InChI is InChI=1S/C9H6O2.C4H10/c10-8-5-9(11)7-4-2-1-3-6(7)8;1-4(2)3/h1-4H,5H2;4H,1-3H3. The molecule has 0 saturated carbocycles. The van der Waals surface area contributed by atoms with Crippen molar-refractivity contribution in [3.05, 3.63) is 35.4 Å². The molecule has 0 N–H and O–H groups in total. The fraction of sp³-hybridized carbons (Fsp3) is 0.385. The van der Waals surface area contributed by atoms with Gasteiger partial charge >= 0.3 is 0 Å². The summed E-state index contributed by atoms with van der Waals surface area (Å²) in [4.78, 5) is 22.1. The Morgan fingerprint density at radius 2 is 1.27 bits per heavy atom. The zero-order chi connectivity index (χ0) is 11.4. The largest absolute Gasteiger partial charge is 0.294 e. The van der Waals surface area contributed by atoms with E-state index in [4.69, 9.17) is 0 Å². The van der Waals surface area contributed by atoms with Crippen molar-refractivity contribution in [3.63, 3.8) is 0 Å². The van der Waals surface area contributed by atoms with E-state index in [0.717, 1.165) is 5.92 Å². The Labute approximate surface area is 90.3 Å². The second-order valence-corrected chi connectivity index (χ2v) is 4.30. The Bertz CT molecular complexity index is 342. The minimum absolute atomic E-state index is 0.0504. The van der Waals surface area contributed by atoms with Crippen LogP contribution in [0, 0.1) is 5.92 Å². The highest BCUT2D eigenvalue weighted by atomic mass is 16.2. The van der Waals surface area contributed by atoms with Crippen molar-refractivity contribution >= 4 is 11.6 Å². The molecular formula is C13H16O2. The zero-order valence-electron chi connectivity index (χ0n) is 9.41. The topological polar surface area (TPSA) is 34.1 Å². The molecule has 0 spiro atoms. The van der Waals surface area contributed by atoms with Crippen LogP contribution in [0.15, 0.2) is 24.3 Å². The quantitative estimate of drug-likeness (QED) is 0.608. The van der Waals surface area contributed by atoms with Gasteiger partial charge in [-0.1, -0.05) is 45.0 Å². The van der Waals surface area contributed by atoms with Gasteiger partial charge in [0.05, 0.1) is 6.42 Å². The maximum absolute atomic E-state index is 11.1. The molecule has 1 aromatic rings. The van der Waals surface area contributed by atoms with Crippen molar-refractivity contribution in [2.45, 2.75) is 27.2 Å². The molecule has 0 radical (unpaired) electrons. The molecule has 0 atom stereocenters. The van der Waals surface area contributed by atoms with E-state index < -0.39 is 0 Å². The number of hydrogen-bond donors (Lipinski definition) is 0. The van der Waals surface area contributed by atoms with Crippen molar-refractivity contribution in [1.29, 1.82) is 0 Å². The third-order valence-electron chi connectivity index (χ3n) is 1.85. The lowest BCUT2D eigenvalue weighted by Crippen LogP contribution is -1.90. The predicted octanol–water partition coefficient (Wildman–Crippen LogP) is 3.12. The molecule has 0 unspecified atom stereocenters. The Kier molecular flexibility index (Phi) is 3.78. The van der Waals surface area contributed by atoms with Crippen LogP contribution < -0.4 is 0 Å². The van der Waals surface area contributed by atoms with Gasteiger partial charge in [-0.25, -0.2) is 0 Å². The van der Waals surface area contributed by atoms with Gasteiger partial charge in [-0.2, -0.15) is 0 Å². The average Bonchev–Trinajstić information content (AvgIpc) is 2.43. The van der Waals surface area contributed by atoms with Gasteiger partial charge in [-0.15, -0.1) is 0 Å². The highest BCUT2D eigenvalue weighted by Gasteiger charge is 2.25. The molecule has 0 fully saturated rings. The summed E-state index contributed by atoms with van der Waals surface area (Å²) in [6.07, 6.45) is 0.0549. The Hall–Kier alpha value is -1.44. The van der Waals surface area contributed by atoms with Crippen molar-refractivity contribution in [1.82, 2.24) is 0 Å². The molecule has 0 amide bonds. The number of carbonyl (C=O) groups is 2. The van der Waals surface area contributed by atoms with Gasteiger partial charge in [0.2, 0.25) is 0 Å². The molecule has 1 aromatic carbocycles. The summed E-state index contributed by atoms with van der Waals surface area (Å²) in [6, 6.07) is 6.94. The predicted molar refractivity (Wildman–Crippen MR) is 60.2 cm³/mol. The molecule has 15 heavy (non-hydrogen) atoms. The van der Waals surface area contributed by atoms with Gasteiger partial charge in [-0.3, -0.25) is 9.59 Å². The van der Waals surface area contributed by atoms with E-state index in [1.165, 1.54) is 0 Å². The summed E-state index contributed by atoms with van der Waals surface area (Å²) in [5.74, 6) is 0.733. The molecular weight excluding hydrogens is 188 g/mol. The monoisotopic (exact) mass is 204 g/mol. The minimum Gasteiger partial charge on any atom is -0.294 e. The number of hydrogen-bond acceptors (Lipinski definition) is 2. The van der Waals surface area contributed by atoms with Crippen molar-refractivity contribution < 1.29 is 9.59 Å². The fourth-order valence-corrected chi connectivity index (χ4v) is 1.31. The summed E-state index contributed by atoms with van der Waals surface area (Å²) in [5.41, 5.74) is 1.16. The van der Waals surface area contributed by atoms with Crippen LogP contribution in [0.4, 0.5) is 0 Å². The van der Waals surface area contributed by atoms with E-state index >= 15 is 0 Å². The van der Waals surface area contributed by atoms with Crippen LogP contribution in [-0.4, -0.2) is 11.6 Å². The maximum atomic E-state index is 11.1. The third kappa shape index (κ3) is 3.01. The first-order valence-corrected chi connectivity index (χ1v) is 5.17. The van der Waals surface area contributed by atoms with Gasteiger partial charge in [0.25, 0.3) is 0 Å². The van der Waals surface area contributed by atoms with E-state index in [2.05, 4.69) is 20.8 Å².